The molecule has 0 fully saturated rings. The van der Waals surface area contributed by atoms with Crippen LogP contribution >= 0.6 is 11.6 Å². The van der Waals surface area contributed by atoms with Gasteiger partial charge in [0.1, 0.15) is 11.3 Å². The van der Waals surface area contributed by atoms with E-state index >= 15 is 0 Å². The summed E-state index contributed by atoms with van der Waals surface area (Å²) in [6, 6.07) is 5.78. The summed E-state index contributed by atoms with van der Waals surface area (Å²) < 4.78 is 5.61. The van der Waals surface area contributed by atoms with Crippen molar-refractivity contribution in [3.8, 4) is 0 Å². The Bertz CT molecular complexity index is 462. The van der Waals surface area contributed by atoms with Crippen molar-refractivity contribution in [1.82, 2.24) is 0 Å². The van der Waals surface area contributed by atoms with Crippen LogP contribution in [0.4, 0.5) is 0 Å². The van der Waals surface area contributed by atoms with Gasteiger partial charge >= 0.3 is 0 Å². The van der Waals surface area contributed by atoms with Crippen molar-refractivity contribution in [1.29, 1.82) is 0 Å². The van der Waals surface area contributed by atoms with Gasteiger partial charge in [-0.15, -0.1) is 0 Å². The number of nitrogens with two attached hydrogens (primary N) is 1. The summed E-state index contributed by atoms with van der Waals surface area (Å²) in [5, 5.41) is 1.79. The number of benzene rings is 1. The van der Waals surface area contributed by atoms with Gasteiger partial charge in [-0.25, -0.2) is 0 Å². The Morgan fingerprint density at radius 3 is 2.79 bits per heavy atom. The number of rotatable bonds is 2. The molecule has 0 amide bonds. The van der Waals surface area contributed by atoms with Crippen molar-refractivity contribution in [2.24, 2.45) is 5.73 Å². The van der Waals surface area contributed by atoms with Crippen molar-refractivity contribution < 1.29 is 4.42 Å². The highest BCUT2D eigenvalue weighted by Gasteiger charge is 2.07. The second-order valence-electron chi connectivity index (χ2n) is 3.25. The first-order valence-electron chi connectivity index (χ1n) is 4.65. The van der Waals surface area contributed by atoms with Gasteiger partial charge in [0.15, 0.2) is 0 Å². The van der Waals surface area contributed by atoms with E-state index in [1.165, 1.54) is 0 Å². The standard InChI is InChI=1S/C11H12ClNO/c1-2-7-3-9(12)4-8-5-10(6-13)14-11(7)8/h3-5H,2,6,13H2,1H3. The first-order valence-corrected chi connectivity index (χ1v) is 5.03. The Balaban J connectivity index is 2.71. The smallest absolute Gasteiger partial charge is 0.137 e. The molecule has 2 aromatic rings. The maximum atomic E-state index is 5.98. The van der Waals surface area contributed by atoms with Crippen LogP contribution in [0.3, 0.4) is 0 Å². The fraction of sp³-hybridized carbons (Fsp3) is 0.273. The lowest BCUT2D eigenvalue weighted by molar-refractivity contribution is 0.549. The van der Waals surface area contributed by atoms with Crippen LogP contribution < -0.4 is 5.73 Å². The number of aryl methyl sites for hydroxylation is 1. The van der Waals surface area contributed by atoms with Crippen LogP contribution in [0.5, 0.6) is 0 Å². The number of fused-ring (bicyclic) bond motifs is 1. The van der Waals surface area contributed by atoms with Crippen molar-refractivity contribution in [3.05, 3.63) is 34.5 Å². The SMILES string of the molecule is CCc1cc(Cl)cc2cc(CN)oc12. The molecule has 2 rings (SSSR count). The molecular formula is C11H12ClNO. The van der Waals surface area contributed by atoms with Gasteiger partial charge in [-0.3, -0.25) is 0 Å². The highest BCUT2D eigenvalue weighted by atomic mass is 35.5. The summed E-state index contributed by atoms with van der Waals surface area (Å²) in [6.45, 7) is 2.51. The Hall–Kier alpha value is -0.990. The number of furan rings is 1. The van der Waals surface area contributed by atoms with Gasteiger partial charge < -0.3 is 10.2 Å². The van der Waals surface area contributed by atoms with E-state index in [0.29, 0.717) is 6.54 Å². The van der Waals surface area contributed by atoms with Crippen molar-refractivity contribution >= 4 is 22.6 Å². The Morgan fingerprint density at radius 1 is 1.36 bits per heavy atom. The van der Waals surface area contributed by atoms with Crippen LogP contribution in [0.25, 0.3) is 11.0 Å². The Labute approximate surface area is 87.6 Å². The predicted molar refractivity (Wildman–Crippen MR) is 58.5 cm³/mol. The van der Waals surface area contributed by atoms with Crippen molar-refractivity contribution in [2.75, 3.05) is 0 Å². The first kappa shape index (κ1) is 9.56. The quantitative estimate of drug-likeness (QED) is 0.826. The average Bonchev–Trinajstić information content (AvgIpc) is 2.59. The molecule has 0 saturated heterocycles. The molecule has 2 nitrogen and oxygen atoms in total. The first-order chi connectivity index (χ1) is 6.74. The molecule has 0 aliphatic heterocycles. The van der Waals surface area contributed by atoms with Gasteiger partial charge in [-0.05, 0) is 30.2 Å². The molecule has 0 radical (unpaired) electrons. The topological polar surface area (TPSA) is 39.2 Å². The maximum Gasteiger partial charge on any atom is 0.137 e. The predicted octanol–water partition coefficient (Wildman–Crippen LogP) is 3.11. The van der Waals surface area contributed by atoms with Crippen LogP contribution in [0.2, 0.25) is 5.02 Å². The molecule has 1 aromatic carbocycles. The molecule has 0 aliphatic carbocycles. The lowest BCUT2D eigenvalue weighted by Gasteiger charge is -1.98. The second-order valence-corrected chi connectivity index (χ2v) is 3.69. The Morgan fingerprint density at radius 2 is 2.14 bits per heavy atom. The highest BCUT2D eigenvalue weighted by molar-refractivity contribution is 6.31. The second kappa shape index (κ2) is 3.64. The fourth-order valence-corrected chi connectivity index (χ4v) is 1.85. The molecule has 0 aliphatic rings. The highest BCUT2D eigenvalue weighted by Crippen LogP contribution is 2.27. The maximum absolute atomic E-state index is 5.98. The minimum Gasteiger partial charge on any atom is -0.459 e. The molecule has 0 spiro atoms. The van der Waals surface area contributed by atoms with Gasteiger partial charge in [0.25, 0.3) is 0 Å². The van der Waals surface area contributed by atoms with Gasteiger partial charge in [-0.2, -0.15) is 0 Å². The number of hydrogen-bond acceptors (Lipinski definition) is 2. The van der Waals surface area contributed by atoms with Crippen LogP contribution in [0.15, 0.2) is 22.6 Å². The summed E-state index contributed by atoms with van der Waals surface area (Å²) in [7, 11) is 0. The molecule has 0 atom stereocenters. The summed E-state index contributed by atoms with van der Waals surface area (Å²) in [4.78, 5) is 0. The zero-order valence-electron chi connectivity index (χ0n) is 8.01. The zero-order chi connectivity index (χ0) is 10.1. The summed E-state index contributed by atoms with van der Waals surface area (Å²) in [6.07, 6.45) is 0.911. The van der Waals surface area contributed by atoms with Crippen LogP contribution in [-0.2, 0) is 13.0 Å². The van der Waals surface area contributed by atoms with E-state index in [2.05, 4.69) is 6.92 Å². The molecule has 0 bridgehead atoms. The third kappa shape index (κ3) is 1.51. The lowest BCUT2D eigenvalue weighted by Crippen LogP contribution is -1.92. The zero-order valence-corrected chi connectivity index (χ0v) is 8.77. The molecule has 1 aromatic heterocycles. The van der Waals surface area contributed by atoms with Gasteiger partial charge in [-0.1, -0.05) is 18.5 Å². The minimum atomic E-state index is 0.426. The van der Waals surface area contributed by atoms with E-state index in [0.717, 1.165) is 33.7 Å². The molecule has 0 unspecified atom stereocenters. The molecule has 3 heteroatoms. The molecule has 0 saturated carbocycles. The van der Waals surface area contributed by atoms with E-state index in [-0.39, 0.29) is 0 Å². The third-order valence-electron chi connectivity index (χ3n) is 2.29. The normalized spacial score (nSPS) is 11.1. The van der Waals surface area contributed by atoms with Crippen LogP contribution in [-0.4, -0.2) is 0 Å². The largest absolute Gasteiger partial charge is 0.459 e. The summed E-state index contributed by atoms with van der Waals surface area (Å²) >= 11 is 5.98. The van der Waals surface area contributed by atoms with E-state index in [1.54, 1.807) is 0 Å². The van der Waals surface area contributed by atoms with Gasteiger partial charge in [0.05, 0.1) is 6.54 Å². The molecule has 74 valence electrons. The van der Waals surface area contributed by atoms with E-state index in [4.69, 9.17) is 21.8 Å². The van der Waals surface area contributed by atoms with Crippen molar-refractivity contribution in [3.63, 3.8) is 0 Å². The fourth-order valence-electron chi connectivity index (χ4n) is 1.60. The van der Waals surface area contributed by atoms with E-state index in [1.807, 2.05) is 18.2 Å². The average molecular weight is 210 g/mol. The molecular weight excluding hydrogens is 198 g/mol. The lowest BCUT2D eigenvalue weighted by atomic mass is 10.1. The number of hydrogen-bond donors (Lipinski definition) is 1. The summed E-state index contributed by atoms with van der Waals surface area (Å²) in [5.74, 6) is 0.803. The van der Waals surface area contributed by atoms with Gasteiger partial charge in [0.2, 0.25) is 0 Å². The minimum absolute atomic E-state index is 0.426. The Kier molecular flexibility index (Phi) is 2.48. The summed E-state index contributed by atoms with van der Waals surface area (Å²) in [5.41, 5.74) is 7.56. The van der Waals surface area contributed by atoms with Crippen molar-refractivity contribution in [2.45, 2.75) is 19.9 Å². The van der Waals surface area contributed by atoms with Crippen LogP contribution in [0, 0.1) is 0 Å². The van der Waals surface area contributed by atoms with Gasteiger partial charge in [0, 0.05) is 10.4 Å². The van der Waals surface area contributed by atoms with E-state index in [9.17, 15) is 0 Å². The monoisotopic (exact) mass is 209 g/mol. The van der Waals surface area contributed by atoms with Crippen LogP contribution in [0.1, 0.15) is 18.2 Å². The molecule has 1 heterocycles. The number of halogens is 1. The van der Waals surface area contributed by atoms with E-state index < -0.39 is 0 Å². The molecule has 2 N–H and O–H groups in total. The molecule has 14 heavy (non-hydrogen) atoms. The third-order valence-corrected chi connectivity index (χ3v) is 2.51.